The van der Waals surface area contributed by atoms with E-state index in [0.29, 0.717) is 29.0 Å². The third-order valence-electron chi connectivity index (χ3n) is 5.32. The van der Waals surface area contributed by atoms with E-state index in [4.69, 9.17) is 18.9 Å². The van der Waals surface area contributed by atoms with Crippen molar-refractivity contribution in [2.45, 2.75) is 13.5 Å². The van der Waals surface area contributed by atoms with E-state index in [9.17, 15) is 14.0 Å². The Balaban J connectivity index is 1.46. The van der Waals surface area contributed by atoms with Crippen LogP contribution in [0.1, 0.15) is 37.4 Å². The second kappa shape index (κ2) is 8.46. The van der Waals surface area contributed by atoms with E-state index in [1.807, 2.05) is 12.1 Å². The Labute approximate surface area is 196 Å². The molecule has 0 saturated carbocycles. The summed E-state index contributed by atoms with van der Waals surface area (Å²) in [5.74, 6) is -0.614. The van der Waals surface area contributed by atoms with Crippen molar-refractivity contribution in [1.82, 2.24) is 0 Å². The summed E-state index contributed by atoms with van der Waals surface area (Å²) in [4.78, 5) is 25.4. The number of rotatable bonds is 3. The van der Waals surface area contributed by atoms with Crippen molar-refractivity contribution >= 4 is 33.8 Å². The van der Waals surface area contributed by atoms with E-state index in [1.165, 1.54) is 30.3 Å². The van der Waals surface area contributed by atoms with Gasteiger partial charge in [-0.1, -0.05) is 28.1 Å². The van der Waals surface area contributed by atoms with Gasteiger partial charge in [-0.05, 0) is 49.4 Å². The molecular weight excluding hydrogens is 495 g/mol. The number of ketones is 1. The molecule has 2 aliphatic heterocycles. The summed E-state index contributed by atoms with van der Waals surface area (Å²) in [6, 6.07) is 12.3. The molecule has 3 aromatic rings. The first kappa shape index (κ1) is 21.4. The zero-order chi connectivity index (χ0) is 23.1. The van der Waals surface area contributed by atoms with E-state index < -0.39 is 11.8 Å². The minimum absolute atomic E-state index is 0.112. The van der Waals surface area contributed by atoms with Crippen LogP contribution >= 0.6 is 15.9 Å². The first-order chi connectivity index (χ1) is 15.9. The number of allylic oxidation sites excluding steroid dienone is 1. The Morgan fingerprint density at radius 3 is 2.79 bits per heavy atom. The summed E-state index contributed by atoms with van der Waals surface area (Å²) in [7, 11) is 0. The molecule has 3 aromatic carbocycles. The Bertz CT molecular complexity index is 1350. The minimum Gasteiger partial charge on any atom is -0.467 e. The summed E-state index contributed by atoms with van der Waals surface area (Å²) in [6.45, 7) is 2.19. The molecule has 166 valence electrons. The maximum atomic E-state index is 13.9. The summed E-state index contributed by atoms with van der Waals surface area (Å²) in [5, 5.41) is 0. The number of ether oxygens (including phenoxy) is 4. The number of hydrogen-bond acceptors (Lipinski definition) is 6. The molecule has 0 amide bonds. The highest BCUT2D eigenvalue weighted by Crippen LogP contribution is 2.41. The van der Waals surface area contributed by atoms with Crippen molar-refractivity contribution in [3.63, 3.8) is 0 Å². The fraction of sp³-hybridized carbons (Fsp3) is 0.120. The van der Waals surface area contributed by atoms with Gasteiger partial charge >= 0.3 is 5.97 Å². The summed E-state index contributed by atoms with van der Waals surface area (Å²) in [5.41, 5.74) is 2.14. The molecule has 5 rings (SSSR count). The number of halogens is 2. The van der Waals surface area contributed by atoms with E-state index in [2.05, 4.69) is 15.9 Å². The largest absolute Gasteiger partial charge is 0.467 e. The number of hydrogen-bond donors (Lipinski definition) is 0. The van der Waals surface area contributed by atoms with E-state index >= 15 is 0 Å². The predicted molar refractivity (Wildman–Crippen MR) is 120 cm³/mol. The van der Waals surface area contributed by atoms with Crippen LogP contribution < -0.4 is 14.2 Å². The average molecular weight is 511 g/mol. The zero-order valence-electron chi connectivity index (χ0n) is 17.3. The predicted octanol–water partition coefficient (Wildman–Crippen LogP) is 5.60. The maximum Gasteiger partial charge on any atom is 0.346 e. The normalized spacial score (nSPS) is 15.5. The van der Waals surface area contributed by atoms with Crippen molar-refractivity contribution in [1.29, 1.82) is 0 Å². The Morgan fingerprint density at radius 2 is 1.97 bits per heavy atom. The van der Waals surface area contributed by atoms with E-state index in [-0.39, 0.29) is 35.4 Å². The number of fused-ring (bicyclic) bond motifs is 2. The van der Waals surface area contributed by atoms with Crippen molar-refractivity contribution in [3.8, 4) is 17.2 Å². The van der Waals surface area contributed by atoms with Crippen LogP contribution in [0.5, 0.6) is 17.2 Å². The monoisotopic (exact) mass is 510 g/mol. The highest BCUT2D eigenvalue weighted by atomic mass is 79.9. The smallest absolute Gasteiger partial charge is 0.346 e. The van der Waals surface area contributed by atoms with Crippen LogP contribution in [0, 0.1) is 12.7 Å². The molecule has 0 aliphatic carbocycles. The van der Waals surface area contributed by atoms with Gasteiger partial charge in [0.25, 0.3) is 0 Å². The first-order valence-electron chi connectivity index (χ1n) is 10.00. The van der Waals surface area contributed by atoms with Gasteiger partial charge in [0.1, 0.15) is 23.1 Å². The van der Waals surface area contributed by atoms with Gasteiger partial charge in [0.05, 0.1) is 17.7 Å². The van der Waals surface area contributed by atoms with Gasteiger partial charge in [0.2, 0.25) is 5.78 Å². The molecule has 0 unspecified atom stereocenters. The van der Waals surface area contributed by atoms with Crippen LogP contribution in [-0.2, 0) is 11.3 Å². The molecule has 6 nitrogen and oxygen atoms in total. The number of esters is 1. The molecule has 0 fully saturated rings. The molecular formula is C25H16BrFO6. The summed E-state index contributed by atoms with van der Waals surface area (Å²) >= 11 is 3.46. The van der Waals surface area contributed by atoms with Gasteiger partial charge in [-0.2, -0.15) is 0 Å². The van der Waals surface area contributed by atoms with Crippen LogP contribution in [-0.4, -0.2) is 18.5 Å². The average Bonchev–Trinajstić information content (AvgIpc) is 3.12. The zero-order valence-corrected chi connectivity index (χ0v) is 18.9. The lowest BCUT2D eigenvalue weighted by atomic mass is 10.0. The molecule has 0 saturated heterocycles. The molecule has 2 aliphatic rings. The molecule has 0 bridgehead atoms. The minimum atomic E-state index is -0.837. The maximum absolute atomic E-state index is 13.9. The standard InChI is InChI=1S/C25H16BrFO6/c1-13-20(33-25(29)17-4-2-3-5-19(17)27)7-6-18-22(28)21(32-23(13)18)10-14-8-16(26)9-15-11-30-12-31-24(14)15/h2-10H,11-12H2,1H3/b21-10-. The molecule has 0 N–H and O–H groups in total. The molecule has 0 atom stereocenters. The quantitative estimate of drug-likeness (QED) is 0.259. The molecule has 33 heavy (non-hydrogen) atoms. The lowest BCUT2D eigenvalue weighted by Crippen LogP contribution is -2.12. The number of benzene rings is 3. The second-order valence-electron chi connectivity index (χ2n) is 7.47. The van der Waals surface area contributed by atoms with Gasteiger partial charge < -0.3 is 18.9 Å². The van der Waals surface area contributed by atoms with Gasteiger partial charge in [0.15, 0.2) is 12.6 Å². The second-order valence-corrected chi connectivity index (χ2v) is 8.38. The van der Waals surface area contributed by atoms with Crippen LogP contribution in [0.25, 0.3) is 6.08 Å². The molecule has 2 heterocycles. The van der Waals surface area contributed by atoms with Gasteiger partial charge in [-0.3, -0.25) is 4.79 Å². The van der Waals surface area contributed by atoms with Crippen molar-refractivity contribution in [3.05, 3.63) is 92.4 Å². The fourth-order valence-electron chi connectivity index (χ4n) is 3.72. The number of carbonyl (C=O) groups is 2. The highest BCUT2D eigenvalue weighted by Gasteiger charge is 2.31. The third-order valence-corrected chi connectivity index (χ3v) is 5.78. The van der Waals surface area contributed by atoms with Crippen LogP contribution in [0.4, 0.5) is 4.39 Å². The van der Waals surface area contributed by atoms with Crippen molar-refractivity contribution in [2.24, 2.45) is 0 Å². The Morgan fingerprint density at radius 1 is 1.15 bits per heavy atom. The fourth-order valence-corrected chi connectivity index (χ4v) is 4.24. The SMILES string of the molecule is Cc1c(OC(=O)c2ccccc2F)ccc2c1O/C(=C\c1cc(Br)cc3c1OCOC3)C2=O. The highest BCUT2D eigenvalue weighted by molar-refractivity contribution is 9.10. The lowest BCUT2D eigenvalue weighted by molar-refractivity contribution is -0.0165. The van der Waals surface area contributed by atoms with Crippen LogP contribution in [0.15, 0.2) is 58.8 Å². The van der Waals surface area contributed by atoms with Crippen LogP contribution in [0.2, 0.25) is 0 Å². The van der Waals surface area contributed by atoms with Crippen molar-refractivity contribution < 1.29 is 32.9 Å². The Kier molecular flexibility index (Phi) is 5.47. The van der Waals surface area contributed by atoms with E-state index in [1.54, 1.807) is 19.1 Å². The number of carbonyl (C=O) groups excluding carboxylic acids is 2. The molecule has 0 spiro atoms. The first-order valence-corrected chi connectivity index (χ1v) is 10.8. The lowest BCUT2D eigenvalue weighted by Gasteiger charge is -2.20. The van der Waals surface area contributed by atoms with E-state index in [0.717, 1.165) is 10.0 Å². The van der Waals surface area contributed by atoms with Gasteiger partial charge in [-0.25, -0.2) is 9.18 Å². The molecule has 0 aromatic heterocycles. The Hall–Kier alpha value is -3.49. The molecule has 0 radical (unpaired) electrons. The van der Waals surface area contributed by atoms with Gasteiger partial charge in [0, 0.05) is 21.2 Å². The topological polar surface area (TPSA) is 71.1 Å². The number of Topliss-reactive ketones (excluding diaryl/α,β-unsaturated/α-hetero) is 1. The summed E-state index contributed by atoms with van der Waals surface area (Å²) in [6.07, 6.45) is 1.61. The molecule has 8 heteroatoms. The summed E-state index contributed by atoms with van der Waals surface area (Å²) < 4.78 is 36.9. The third kappa shape index (κ3) is 3.92. The van der Waals surface area contributed by atoms with Crippen molar-refractivity contribution in [2.75, 3.05) is 6.79 Å². The van der Waals surface area contributed by atoms with Gasteiger partial charge in [-0.15, -0.1) is 0 Å². The van der Waals surface area contributed by atoms with Crippen LogP contribution in [0.3, 0.4) is 0 Å².